The molecule has 0 heterocycles. The van der Waals surface area contributed by atoms with Crippen LogP contribution < -0.4 is 14.8 Å². The van der Waals surface area contributed by atoms with E-state index in [2.05, 4.69) is 10.3 Å². The van der Waals surface area contributed by atoms with Crippen LogP contribution in [0.1, 0.15) is 11.1 Å². The molecule has 28 heavy (non-hydrogen) atoms. The number of nitrogens with one attached hydrogen (secondary N) is 1. The van der Waals surface area contributed by atoms with E-state index in [1.165, 1.54) is 6.07 Å². The fourth-order valence-corrected chi connectivity index (χ4v) is 2.87. The number of guanidine groups is 1. The van der Waals surface area contributed by atoms with Gasteiger partial charge >= 0.3 is 0 Å². The molecule has 0 spiro atoms. The van der Waals surface area contributed by atoms with Gasteiger partial charge in [0.1, 0.15) is 11.6 Å². The summed E-state index contributed by atoms with van der Waals surface area (Å²) >= 11 is 0. The second-order valence-corrected chi connectivity index (χ2v) is 6.32. The molecular formula is C21H27F2N3O2. The van der Waals surface area contributed by atoms with E-state index >= 15 is 0 Å². The Morgan fingerprint density at radius 1 is 1.04 bits per heavy atom. The van der Waals surface area contributed by atoms with Crippen molar-refractivity contribution in [2.24, 2.45) is 4.99 Å². The number of hydrogen-bond donors (Lipinski definition) is 1. The highest BCUT2D eigenvalue weighted by molar-refractivity contribution is 5.79. The van der Waals surface area contributed by atoms with Crippen LogP contribution in [0.5, 0.6) is 11.5 Å². The minimum Gasteiger partial charge on any atom is -0.493 e. The van der Waals surface area contributed by atoms with Crippen molar-refractivity contribution in [3.8, 4) is 11.5 Å². The smallest absolute Gasteiger partial charge is 0.193 e. The van der Waals surface area contributed by atoms with Gasteiger partial charge in [-0.1, -0.05) is 6.07 Å². The molecule has 0 aliphatic rings. The average Bonchev–Trinajstić information content (AvgIpc) is 2.71. The molecule has 7 heteroatoms. The zero-order valence-electron chi connectivity index (χ0n) is 16.8. The van der Waals surface area contributed by atoms with Gasteiger partial charge in [-0.2, -0.15) is 0 Å². The molecule has 152 valence electrons. The highest BCUT2D eigenvalue weighted by Gasteiger charge is 2.09. The summed E-state index contributed by atoms with van der Waals surface area (Å²) in [7, 11) is 6.84. The fraction of sp³-hybridized carbons (Fsp3) is 0.381. The summed E-state index contributed by atoms with van der Waals surface area (Å²) in [6.45, 7) is 1.18. The van der Waals surface area contributed by atoms with Crippen LogP contribution in [0.3, 0.4) is 0 Å². The summed E-state index contributed by atoms with van der Waals surface area (Å²) in [4.78, 5) is 6.24. The Hall–Kier alpha value is -2.83. The first-order valence-corrected chi connectivity index (χ1v) is 9.05. The molecule has 0 aromatic heterocycles. The summed E-state index contributed by atoms with van der Waals surface area (Å²) in [6.07, 6.45) is 1.15. The van der Waals surface area contributed by atoms with E-state index in [4.69, 9.17) is 9.47 Å². The number of likely N-dealkylation sites (N-methyl/N-ethyl adjacent to an activating group) is 1. The molecule has 0 aliphatic carbocycles. The van der Waals surface area contributed by atoms with E-state index in [1.54, 1.807) is 21.3 Å². The van der Waals surface area contributed by atoms with Gasteiger partial charge in [0, 0.05) is 27.2 Å². The fourth-order valence-electron chi connectivity index (χ4n) is 2.87. The Morgan fingerprint density at radius 2 is 1.79 bits per heavy atom. The predicted molar refractivity (Wildman–Crippen MR) is 107 cm³/mol. The largest absolute Gasteiger partial charge is 0.493 e. The van der Waals surface area contributed by atoms with Gasteiger partial charge in [0.2, 0.25) is 0 Å². The van der Waals surface area contributed by atoms with E-state index < -0.39 is 11.6 Å². The molecule has 0 aliphatic heterocycles. The van der Waals surface area contributed by atoms with Crippen LogP contribution in [0.15, 0.2) is 41.4 Å². The lowest BCUT2D eigenvalue weighted by Crippen LogP contribution is -2.40. The SMILES string of the molecule is CN=C(NCCc1cc(F)ccc1F)N(C)CCc1ccc(OC)c(OC)c1. The van der Waals surface area contributed by atoms with Crippen LogP contribution >= 0.6 is 0 Å². The van der Waals surface area contributed by atoms with Gasteiger partial charge in [0.25, 0.3) is 0 Å². The van der Waals surface area contributed by atoms with Gasteiger partial charge in [-0.05, 0) is 54.3 Å². The summed E-state index contributed by atoms with van der Waals surface area (Å²) in [5.74, 6) is 1.24. The van der Waals surface area contributed by atoms with Crippen molar-refractivity contribution in [3.63, 3.8) is 0 Å². The van der Waals surface area contributed by atoms with E-state index in [-0.39, 0.29) is 0 Å². The predicted octanol–water partition coefficient (Wildman–Crippen LogP) is 3.27. The molecule has 0 bridgehead atoms. The van der Waals surface area contributed by atoms with Crippen molar-refractivity contribution < 1.29 is 18.3 Å². The van der Waals surface area contributed by atoms with E-state index in [1.807, 2.05) is 30.1 Å². The van der Waals surface area contributed by atoms with Crippen LogP contribution in [0.2, 0.25) is 0 Å². The molecule has 0 fully saturated rings. The third kappa shape index (κ3) is 5.84. The highest BCUT2D eigenvalue weighted by atomic mass is 19.1. The lowest BCUT2D eigenvalue weighted by atomic mass is 10.1. The Labute approximate surface area is 165 Å². The first-order valence-electron chi connectivity index (χ1n) is 9.05. The molecule has 2 rings (SSSR count). The maximum atomic E-state index is 13.7. The number of benzene rings is 2. The first-order chi connectivity index (χ1) is 13.5. The molecule has 0 saturated heterocycles. The number of methoxy groups -OCH3 is 2. The molecule has 5 nitrogen and oxygen atoms in total. The van der Waals surface area contributed by atoms with Crippen LogP contribution in [0.25, 0.3) is 0 Å². The highest BCUT2D eigenvalue weighted by Crippen LogP contribution is 2.27. The number of aliphatic imine (C=N–C) groups is 1. The van der Waals surface area contributed by atoms with Crippen LogP contribution in [0.4, 0.5) is 8.78 Å². The van der Waals surface area contributed by atoms with Gasteiger partial charge in [-0.25, -0.2) is 8.78 Å². The van der Waals surface area contributed by atoms with E-state index in [0.29, 0.717) is 36.0 Å². The van der Waals surface area contributed by atoms with E-state index in [9.17, 15) is 8.78 Å². The van der Waals surface area contributed by atoms with Gasteiger partial charge < -0.3 is 19.7 Å². The van der Waals surface area contributed by atoms with Crippen molar-refractivity contribution in [1.82, 2.24) is 10.2 Å². The van der Waals surface area contributed by atoms with Crippen molar-refractivity contribution in [2.75, 3.05) is 41.4 Å². The van der Waals surface area contributed by atoms with Crippen molar-refractivity contribution >= 4 is 5.96 Å². The van der Waals surface area contributed by atoms with Crippen LogP contribution in [0, 0.1) is 11.6 Å². The quantitative estimate of drug-likeness (QED) is 0.554. The standard InChI is InChI=1S/C21H27F2N3O2/c1-24-21(25-11-9-16-14-17(22)6-7-18(16)23)26(2)12-10-15-5-8-19(27-3)20(13-15)28-4/h5-8,13-14H,9-12H2,1-4H3,(H,24,25). The lowest BCUT2D eigenvalue weighted by Gasteiger charge is -2.22. The second kappa shape index (κ2) is 10.5. The molecule has 2 aromatic carbocycles. The van der Waals surface area contributed by atoms with E-state index in [0.717, 1.165) is 30.7 Å². The summed E-state index contributed by atoms with van der Waals surface area (Å²) in [6, 6.07) is 9.32. The topological polar surface area (TPSA) is 46.1 Å². The summed E-state index contributed by atoms with van der Waals surface area (Å²) in [5.41, 5.74) is 1.46. The summed E-state index contributed by atoms with van der Waals surface area (Å²) in [5, 5.41) is 3.18. The lowest BCUT2D eigenvalue weighted by molar-refractivity contribution is 0.354. The monoisotopic (exact) mass is 391 g/mol. The number of hydrogen-bond acceptors (Lipinski definition) is 3. The number of nitrogens with zero attached hydrogens (tertiary/aromatic N) is 2. The Kier molecular flexibility index (Phi) is 8.04. The molecule has 0 radical (unpaired) electrons. The van der Waals surface area contributed by atoms with Crippen molar-refractivity contribution in [3.05, 3.63) is 59.2 Å². The Balaban J connectivity index is 1.88. The zero-order valence-corrected chi connectivity index (χ0v) is 16.8. The molecule has 1 N–H and O–H groups in total. The van der Waals surface area contributed by atoms with Gasteiger partial charge in [0.05, 0.1) is 14.2 Å². The first kappa shape index (κ1) is 21.5. The third-order valence-electron chi connectivity index (χ3n) is 4.44. The number of ether oxygens (including phenoxy) is 2. The normalized spacial score (nSPS) is 11.3. The van der Waals surface area contributed by atoms with Crippen LogP contribution in [-0.4, -0.2) is 52.3 Å². The van der Waals surface area contributed by atoms with Gasteiger partial charge in [-0.3, -0.25) is 4.99 Å². The zero-order chi connectivity index (χ0) is 20.5. The maximum Gasteiger partial charge on any atom is 0.193 e. The van der Waals surface area contributed by atoms with Crippen LogP contribution in [-0.2, 0) is 12.8 Å². The molecule has 2 aromatic rings. The second-order valence-electron chi connectivity index (χ2n) is 6.32. The van der Waals surface area contributed by atoms with Gasteiger partial charge in [0.15, 0.2) is 17.5 Å². The molecule has 0 saturated carbocycles. The van der Waals surface area contributed by atoms with Crippen molar-refractivity contribution in [2.45, 2.75) is 12.8 Å². The average molecular weight is 391 g/mol. The summed E-state index contributed by atoms with van der Waals surface area (Å²) < 4.78 is 37.5. The molecule has 0 atom stereocenters. The third-order valence-corrected chi connectivity index (χ3v) is 4.44. The minimum atomic E-state index is -0.437. The molecular weight excluding hydrogens is 364 g/mol. The maximum absolute atomic E-state index is 13.7. The number of rotatable bonds is 8. The Bertz CT molecular complexity index is 812. The minimum absolute atomic E-state index is 0.343. The molecule has 0 amide bonds. The Morgan fingerprint density at radius 3 is 2.46 bits per heavy atom. The van der Waals surface area contributed by atoms with Gasteiger partial charge in [-0.15, -0.1) is 0 Å². The number of halogens is 2. The van der Waals surface area contributed by atoms with Crippen molar-refractivity contribution in [1.29, 1.82) is 0 Å². The molecule has 0 unspecified atom stereocenters.